The average molecular weight is 404 g/mol. The molecule has 0 spiro atoms. The minimum absolute atomic E-state index is 0.0803. The monoisotopic (exact) mass is 404 g/mol. The van der Waals surface area contributed by atoms with Crippen LogP contribution < -0.4 is 0 Å². The van der Waals surface area contributed by atoms with Gasteiger partial charge < -0.3 is 14.5 Å². The number of aromatic nitrogens is 2. The first-order valence-electron chi connectivity index (χ1n) is 9.35. The summed E-state index contributed by atoms with van der Waals surface area (Å²) < 4.78 is 53.7. The topological polar surface area (TPSA) is 55.1 Å². The summed E-state index contributed by atoms with van der Waals surface area (Å²) in [4.78, 5) is 13.7. The summed E-state index contributed by atoms with van der Waals surface area (Å²) in [5.74, 6) is -0.282. The number of carbonyl (C=O) groups is 1. The van der Waals surface area contributed by atoms with Crippen molar-refractivity contribution in [1.82, 2.24) is 9.55 Å². The van der Waals surface area contributed by atoms with Crippen molar-refractivity contribution in [3.63, 3.8) is 0 Å². The molecular weight excluding hydrogens is 376 g/mol. The molecule has 158 valence electrons. The summed E-state index contributed by atoms with van der Waals surface area (Å²) in [6.45, 7) is 8.90. The van der Waals surface area contributed by atoms with E-state index >= 15 is 0 Å². The van der Waals surface area contributed by atoms with Crippen LogP contribution in [-0.2, 0) is 11.0 Å². The first kappa shape index (κ1) is 24.1. The number of benzene rings is 1. The maximum absolute atomic E-state index is 14.0. The van der Waals surface area contributed by atoms with E-state index in [9.17, 15) is 22.4 Å². The zero-order valence-electron chi connectivity index (χ0n) is 16.9. The molecule has 0 unspecified atom stereocenters. The molecule has 1 aliphatic rings. The van der Waals surface area contributed by atoms with Crippen LogP contribution in [0, 0.1) is 12.7 Å². The van der Waals surface area contributed by atoms with Gasteiger partial charge in [-0.25, -0.2) is 9.37 Å². The number of fused-ring (bicyclic) bond motifs is 1. The Bertz CT molecular complexity index is 788. The lowest BCUT2D eigenvalue weighted by atomic mass is 9.92. The Kier molecular flexibility index (Phi) is 8.16. The van der Waals surface area contributed by atoms with Gasteiger partial charge in [0, 0.05) is 12.5 Å². The van der Waals surface area contributed by atoms with Crippen molar-refractivity contribution in [3.8, 4) is 0 Å². The van der Waals surface area contributed by atoms with E-state index in [0.29, 0.717) is 18.2 Å². The van der Waals surface area contributed by atoms with E-state index in [1.54, 1.807) is 25.3 Å². The maximum Gasteiger partial charge on any atom is 0.416 e. The SMILES string of the molecule is CC.CC(C)(O)CC=O.Cc1nc2cc(C(F)(F)F)cc(F)c2n1C1CCC1. The van der Waals surface area contributed by atoms with Gasteiger partial charge in [0.05, 0.1) is 16.7 Å². The van der Waals surface area contributed by atoms with Crippen LogP contribution >= 0.6 is 0 Å². The highest BCUT2D eigenvalue weighted by molar-refractivity contribution is 5.78. The minimum atomic E-state index is -4.55. The molecule has 28 heavy (non-hydrogen) atoms. The molecule has 3 rings (SSSR count). The first-order valence-corrected chi connectivity index (χ1v) is 9.35. The number of aliphatic hydroxyl groups is 1. The van der Waals surface area contributed by atoms with Gasteiger partial charge in [-0.1, -0.05) is 13.8 Å². The van der Waals surface area contributed by atoms with Gasteiger partial charge in [-0.3, -0.25) is 0 Å². The number of imidazole rings is 1. The first-order chi connectivity index (χ1) is 12.9. The quantitative estimate of drug-likeness (QED) is 0.535. The predicted molar refractivity (Wildman–Crippen MR) is 101 cm³/mol. The highest BCUT2D eigenvalue weighted by Gasteiger charge is 2.33. The summed E-state index contributed by atoms with van der Waals surface area (Å²) in [6.07, 6.45) is -0.720. The van der Waals surface area contributed by atoms with E-state index in [1.807, 2.05) is 13.8 Å². The summed E-state index contributed by atoms with van der Waals surface area (Å²) in [6, 6.07) is 1.63. The highest BCUT2D eigenvalue weighted by atomic mass is 19.4. The number of alkyl halides is 3. The van der Waals surface area contributed by atoms with Crippen LogP contribution in [0.5, 0.6) is 0 Å². The molecule has 0 atom stereocenters. The number of aryl methyl sites for hydroxylation is 1. The number of hydrogen-bond donors (Lipinski definition) is 1. The van der Waals surface area contributed by atoms with E-state index in [4.69, 9.17) is 5.11 Å². The van der Waals surface area contributed by atoms with Gasteiger partial charge in [-0.15, -0.1) is 0 Å². The van der Waals surface area contributed by atoms with Crippen LogP contribution in [0.4, 0.5) is 17.6 Å². The molecule has 8 heteroatoms. The standard InChI is InChI=1S/C13H12F4N2.C5H10O2.C2H6/c1-7-18-11-6-8(13(15,16)17)5-10(14)12(11)19(7)9-3-2-4-9;1-5(2,7)3-4-6;1-2/h5-6,9H,2-4H2,1H3;4,7H,3H2,1-2H3;1-2H3. The summed E-state index contributed by atoms with van der Waals surface area (Å²) in [5, 5.41) is 8.79. The fraction of sp³-hybridized carbons (Fsp3) is 0.600. The van der Waals surface area contributed by atoms with Crippen molar-refractivity contribution >= 4 is 17.3 Å². The third kappa shape index (κ3) is 6.02. The Morgan fingerprint density at radius 1 is 1.25 bits per heavy atom. The molecule has 2 aromatic rings. The zero-order chi connectivity index (χ0) is 21.7. The summed E-state index contributed by atoms with van der Waals surface area (Å²) in [5.41, 5.74) is -1.54. The fourth-order valence-electron chi connectivity index (χ4n) is 2.76. The van der Waals surface area contributed by atoms with Gasteiger partial charge in [0.15, 0.2) is 0 Å². The molecule has 0 amide bonds. The third-order valence-corrected chi connectivity index (χ3v) is 4.27. The van der Waals surface area contributed by atoms with Crippen LogP contribution in [0.1, 0.15) is 70.8 Å². The van der Waals surface area contributed by atoms with Crippen molar-refractivity contribution < 1.29 is 27.5 Å². The molecule has 1 aromatic carbocycles. The van der Waals surface area contributed by atoms with Crippen molar-refractivity contribution in [1.29, 1.82) is 0 Å². The lowest BCUT2D eigenvalue weighted by Gasteiger charge is -2.28. The number of carbonyl (C=O) groups excluding carboxylic acids is 1. The van der Waals surface area contributed by atoms with Crippen molar-refractivity contribution in [2.45, 2.75) is 78.1 Å². The van der Waals surface area contributed by atoms with E-state index < -0.39 is 23.2 Å². The molecule has 4 nitrogen and oxygen atoms in total. The molecule has 1 heterocycles. The largest absolute Gasteiger partial charge is 0.416 e. The molecule has 0 aliphatic heterocycles. The number of hydrogen-bond acceptors (Lipinski definition) is 3. The normalized spacial score (nSPS) is 14.5. The van der Waals surface area contributed by atoms with Gasteiger partial charge in [-0.2, -0.15) is 13.2 Å². The predicted octanol–water partition coefficient (Wildman–Crippen LogP) is 5.60. The van der Waals surface area contributed by atoms with Gasteiger partial charge in [0.25, 0.3) is 0 Å². The van der Waals surface area contributed by atoms with Gasteiger partial charge in [-0.05, 0) is 52.2 Å². The van der Waals surface area contributed by atoms with Crippen LogP contribution in [0.15, 0.2) is 12.1 Å². The molecule has 1 fully saturated rings. The van der Waals surface area contributed by atoms with Crippen LogP contribution in [0.2, 0.25) is 0 Å². The molecule has 1 aliphatic carbocycles. The van der Waals surface area contributed by atoms with Gasteiger partial charge in [0.1, 0.15) is 23.4 Å². The highest BCUT2D eigenvalue weighted by Crippen LogP contribution is 2.38. The van der Waals surface area contributed by atoms with E-state index in [0.717, 1.165) is 25.3 Å². The molecule has 1 aromatic heterocycles. The molecule has 0 saturated heterocycles. The Hall–Kier alpha value is -1.96. The second-order valence-corrected chi connectivity index (χ2v) is 7.12. The van der Waals surface area contributed by atoms with Gasteiger partial charge >= 0.3 is 6.18 Å². The molecular formula is C20H28F4N2O2. The van der Waals surface area contributed by atoms with Crippen LogP contribution in [-0.4, -0.2) is 26.5 Å². The zero-order valence-corrected chi connectivity index (χ0v) is 16.9. The second kappa shape index (κ2) is 9.49. The lowest BCUT2D eigenvalue weighted by Crippen LogP contribution is -2.18. The summed E-state index contributed by atoms with van der Waals surface area (Å²) >= 11 is 0. The second-order valence-electron chi connectivity index (χ2n) is 7.12. The number of halogens is 4. The van der Waals surface area contributed by atoms with Crippen LogP contribution in [0.25, 0.3) is 11.0 Å². The number of aldehydes is 1. The molecule has 1 saturated carbocycles. The average Bonchev–Trinajstić information content (AvgIpc) is 2.83. The molecule has 1 N–H and O–H groups in total. The Balaban J connectivity index is 0.000000372. The summed E-state index contributed by atoms with van der Waals surface area (Å²) in [7, 11) is 0. The van der Waals surface area contributed by atoms with E-state index in [2.05, 4.69) is 4.98 Å². The fourth-order valence-corrected chi connectivity index (χ4v) is 2.76. The van der Waals surface area contributed by atoms with E-state index in [-0.39, 0.29) is 23.5 Å². The lowest BCUT2D eigenvalue weighted by molar-refractivity contribution is -0.137. The number of rotatable bonds is 3. The molecule has 0 bridgehead atoms. The van der Waals surface area contributed by atoms with Crippen molar-refractivity contribution in [2.75, 3.05) is 0 Å². The third-order valence-electron chi connectivity index (χ3n) is 4.27. The maximum atomic E-state index is 14.0. The minimum Gasteiger partial charge on any atom is -0.390 e. The Labute approximate surface area is 162 Å². The number of nitrogens with zero attached hydrogens (tertiary/aromatic N) is 2. The van der Waals surface area contributed by atoms with Gasteiger partial charge in [0.2, 0.25) is 0 Å². The van der Waals surface area contributed by atoms with Crippen LogP contribution in [0.3, 0.4) is 0 Å². The smallest absolute Gasteiger partial charge is 0.390 e. The van der Waals surface area contributed by atoms with E-state index in [1.165, 1.54) is 0 Å². The Morgan fingerprint density at radius 2 is 1.82 bits per heavy atom. The Morgan fingerprint density at radius 3 is 2.18 bits per heavy atom. The van der Waals surface area contributed by atoms with Crippen molar-refractivity contribution in [3.05, 3.63) is 29.3 Å². The molecule has 0 radical (unpaired) electrons. The van der Waals surface area contributed by atoms with Crippen molar-refractivity contribution in [2.24, 2.45) is 0 Å².